The molecule has 0 aliphatic carbocycles. The van der Waals surface area contributed by atoms with Gasteiger partial charge in [0.25, 0.3) is 0 Å². The average Bonchev–Trinajstić information content (AvgIpc) is 2.26. The first-order valence-electron chi connectivity index (χ1n) is 5.43. The molecule has 0 bridgehead atoms. The highest BCUT2D eigenvalue weighted by Crippen LogP contribution is 2.13. The van der Waals surface area contributed by atoms with Gasteiger partial charge in [0.15, 0.2) is 0 Å². The summed E-state index contributed by atoms with van der Waals surface area (Å²) in [5, 5.41) is 0. The zero-order chi connectivity index (χ0) is 11.3. The van der Waals surface area contributed by atoms with Crippen LogP contribution in [0.4, 0.5) is 0 Å². The van der Waals surface area contributed by atoms with Gasteiger partial charge < -0.3 is 9.64 Å². The van der Waals surface area contributed by atoms with E-state index >= 15 is 0 Å². The minimum atomic E-state index is 0.632. The van der Waals surface area contributed by atoms with E-state index in [2.05, 4.69) is 38.1 Å². The van der Waals surface area contributed by atoms with E-state index in [1.54, 1.807) is 7.11 Å². The van der Waals surface area contributed by atoms with E-state index in [1.807, 2.05) is 12.1 Å². The third-order valence-corrected chi connectivity index (χ3v) is 2.89. The number of aryl methyl sites for hydroxylation is 1. The average molecular weight is 207 g/mol. The van der Waals surface area contributed by atoms with Crippen molar-refractivity contribution in [2.75, 3.05) is 21.2 Å². The predicted octanol–water partition coefficient (Wildman–Crippen LogP) is 2.58. The Hall–Kier alpha value is -1.02. The Morgan fingerprint density at radius 3 is 2.27 bits per heavy atom. The monoisotopic (exact) mass is 207 g/mol. The number of hydrogen-bond acceptors (Lipinski definition) is 2. The van der Waals surface area contributed by atoms with Crippen molar-refractivity contribution < 1.29 is 4.74 Å². The smallest absolute Gasteiger partial charge is 0.118 e. The lowest BCUT2D eigenvalue weighted by molar-refractivity contribution is 0.299. The Labute approximate surface area is 92.9 Å². The first-order chi connectivity index (χ1) is 7.13. The standard InChI is InChI=1S/C13H21NO/c1-11(14(2)3)5-6-12-7-9-13(15-4)10-8-12/h7-11H,5-6H2,1-4H3. The van der Waals surface area contributed by atoms with Gasteiger partial charge in [0.05, 0.1) is 7.11 Å². The minimum absolute atomic E-state index is 0.632. The summed E-state index contributed by atoms with van der Waals surface area (Å²) in [5.74, 6) is 0.930. The summed E-state index contributed by atoms with van der Waals surface area (Å²) >= 11 is 0. The molecule has 1 aromatic rings. The summed E-state index contributed by atoms with van der Waals surface area (Å²) in [6, 6.07) is 8.96. The fourth-order valence-electron chi connectivity index (χ4n) is 1.43. The summed E-state index contributed by atoms with van der Waals surface area (Å²) in [6.45, 7) is 2.25. The van der Waals surface area contributed by atoms with Crippen LogP contribution in [0.5, 0.6) is 5.75 Å². The molecule has 2 heteroatoms. The van der Waals surface area contributed by atoms with Gasteiger partial charge >= 0.3 is 0 Å². The van der Waals surface area contributed by atoms with Gasteiger partial charge in [-0.05, 0) is 51.6 Å². The fourth-order valence-corrected chi connectivity index (χ4v) is 1.43. The molecular formula is C13H21NO. The Morgan fingerprint density at radius 1 is 1.20 bits per heavy atom. The zero-order valence-corrected chi connectivity index (χ0v) is 10.2. The molecule has 1 atom stereocenters. The third kappa shape index (κ3) is 3.92. The normalized spacial score (nSPS) is 12.9. The largest absolute Gasteiger partial charge is 0.497 e. The minimum Gasteiger partial charge on any atom is -0.497 e. The van der Waals surface area contributed by atoms with Crippen molar-refractivity contribution in [2.24, 2.45) is 0 Å². The molecule has 0 aliphatic rings. The second kappa shape index (κ2) is 5.76. The van der Waals surface area contributed by atoms with E-state index in [0.717, 1.165) is 12.2 Å². The van der Waals surface area contributed by atoms with Crippen molar-refractivity contribution in [3.05, 3.63) is 29.8 Å². The van der Waals surface area contributed by atoms with Crippen LogP contribution >= 0.6 is 0 Å². The summed E-state index contributed by atoms with van der Waals surface area (Å²) < 4.78 is 5.12. The summed E-state index contributed by atoms with van der Waals surface area (Å²) in [5.41, 5.74) is 1.38. The third-order valence-electron chi connectivity index (χ3n) is 2.89. The van der Waals surface area contributed by atoms with Gasteiger partial charge in [-0.25, -0.2) is 0 Å². The summed E-state index contributed by atoms with van der Waals surface area (Å²) in [4.78, 5) is 2.25. The van der Waals surface area contributed by atoms with E-state index < -0.39 is 0 Å². The molecule has 0 radical (unpaired) electrons. The van der Waals surface area contributed by atoms with Crippen LogP contribution in [0, 0.1) is 0 Å². The van der Waals surface area contributed by atoms with E-state index in [-0.39, 0.29) is 0 Å². The molecule has 1 aromatic carbocycles. The second-order valence-electron chi connectivity index (χ2n) is 4.20. The molecule has 0 heterocycles. The number of benzene rings is 1. The van der Waals surface area contributed by atoms with Crippen LogP contribution in [0.15, 0.2) is 24.3 Å². The lowest BCUT2D eigenvalue weighted by atomic mass is 10.1. The van der Waals surface area contributed by atoms with Crippen molar-refractivity contribution in [3.63, 3.8) is 0 Å². The molecule has 0 saturated carbocycles. The lowest BCUT2D eigenvalue weighted by Gasteiger charge is -2.19. The summed E-state index contributed by atoms with van der Waals surface area (Å²) in [7, 11) is 5.94. The number of rotatable bonds is 5. The maximum Gasteiger partial charge on any atom is 0.118 e. The van der Waals surface area contributed by atoms with Crippen molar-refractivity contribution >= 4 is 0 Å². The van der Waals surface area contributed by atoms with Crippen LogP contribution in [0.25, 0.3) is 0 Å². The molecule has 1 unspecified atom stereocenters. The van der Waals surface area contributed by atoms with Crippen molar-refractivity contribution in [2.45, 2.75) is 25.8 Å². The molecule has 2 nitrogen and oxygen atoms in total. The number of nitrogens with zero attached hydrogens (tertiary/aromatic N) is 1. The van der Waals surface area contributed by atoms with E-state index in [4.69, 9.17) is 4.74 Å². The predicted molar refractivity (Wildman–Crippen MR) is 64.5 cm³/mol. The fraction of sp³-hybridized carbons (Fsp3) is 0.538. The maximum atomic E-state index is 5.12. The molecule has 0 fully saturated rings. The van der Waals surface area contributed by atoms with Gasteiger partial charge in [-0.1, -0.05) is 12.1 Å². The molecular weight excluding hydrogens is 186 g/mol. The van der Waals surface area contributed by atoms with E-state index in [9.17, 15) is 0 Å². The SMILES string of the molecule is COc1ccc(CCC(C)N(C)C)cc1. The van der Waals surface area contributed by atoms with E-state index in [1.165, 1.54) is 12.0 Å². The highest BCUT2D eigenvalue weighted by Gasteiger charge is 2.04. The molecule has 1 rings (SSSR count). The lowest BCUT2D eigenvalue weighted by Crippen LogP contribution is -2.24. The van der Waals surface area contributed by atoms with Crippen molar-refractivity contribution in [3.8, 4) is 5.75 Å². The Bertz CT molecular complexity index is 279. The molecule has 15 heavy (non-hydrogen) atoms. The molecule has 0 N–H and O–H groups in total. The van der Waals surface area contributed by atoms with Gasteiger partial charge in [0.1, 0.15) is 5.75 Å². The van der Waals surface area contributed by atoms with Gasteiger partial charge in [0, 0.05) is 6.04 Å². The van der Waals surface area contributed by atoms with Crippen LogP contribution in [0.1, 0.15) is 18.9 Å². The topological polar surface area (TPSA) is 12.5 Å². The van der Waals surface area contributed by atoms with Gasteiger partial charge in [-0.15, -0.1) is 0 Å². The van der Waals surface area contributed by atoms with Gasteiger partial charge in [-0.2, -0.15) is 0 Å². The van der Waals surface area contributed by atoms with Gasteiger partial charge in [0.2, 0.25) is 0 Å². The zero-order valence-electron chi connectivity index (χ0n) is 10.2. The number of methoxy groups -OCH3 is 1. The molecule has 84 valence electrons. The Kier molecular flexibility index (Phi) is 4.63. The van der Waals surface area contributed by atoms with E-state index in [0.29, 0.717) is 6.04 Å². The Morgan fingerprint density at radius 2 is 1.80 bits per heavy atom. The molecule has 0 aliphatic heterocycles. The van der Waals surface area contributed by atoms with Crippen LogP contribution in [0.3, 0.4) is 0 Å². The van der Waals surface area contributed by atoms with Gasteiger partial charge in [-0.3, -0.25) is 0 Å². The number of hydrogen-bond donors (Lipinski definition) is 0. The first kappa shape index (κ1) is 12.1. The van der Waals surface area contributed by atoms with Crippen LogP contribution in [-0.4, -0.2) is 32.1 Å². The Balaban J connectivity index is 2.44. The highest BCUT2D eigenvalue weighted by molar-refractivity contribution is 5.27. The van der Waals surface area contributed by atoms with Crippen LogP contribution in [-0.2, 0) is 6.42 Å². The van der Waals surface area contributed by atoms with Crippen LogP contribution < -0.4 is 4.74 Å². The number of ether oxygens (including phenoxy) is 1. The van der Waals surface area contributed by atoms with Crippen molar-refractivity contribution in [1.29, 1.82) is 0 Å². The maximum absolute atomic E-state index is 5.12. The van der Waals surface area contributed by atoms with Crippen LogP contribution in [0.2, 0.25) is 0 Å². The molecule has 0 saturated heterocycles. The highest BCUT2D eigenvalue weighted by atomic mass is 16.5. The quantitative estimate of drug-likeness (QED) is 0.736. The second-order valence-corrected chi connectivity index (χ2v) is 4.20. The van der Waals surface area contributed by atoms with Crippen molar-refractivity contribution in [1.82, 2.24) is 4.90 Å². The first-order valence-corrected chi connectivity index (χ1v) is 5.43. The molecule has 0 aromatic heterocycles. The molecule has 0 spiro atoms. The summed E-state index contributed by atoms with van der Waals surface area (Å²) in [6.07, 6.45) is 2.32. The molecule has 0 amide bonds.